The first kappa shape index (κ1) is 20.4. The van der Waals surface area contributed by atoms with Crippen molar-refractivity contribution in [3.05, 3.63) is 51.7 Å². The number of rotatable bonds is 6. The highest BCUT2D eigenvalue weighted by atomic mass is 32.2. The van der Waals surface area contributed by atoms with Gasteiger partial charge in [-0.2, -0.15) is 0 Å². The van der Waals surface area contributed by atoms with E-state index in [0.717, 1.165) is 22.8 Å². The molecular weight excluding hydrogens is 426 g/mol. The van der Waals surface area contributed by atoms with E-state index in [-0.39, 0.29) is 28.7 Å². The van der Waals surface area contributed by atoms with Crippen molar-refractivity contribution in [2.24, 2.45) is 4.99 Å². The molecule has 0 unspecified atom stereocenters. The number of thioether (sulfide) groups is 1. The molecule has 0 spiro atoms. The monoisotopic (exact) mass is 449 g/mol. The van der Waals surface area contributed by atoms with Gasteiger partial charge in [0.25, 0.3) is 0 Å². The largest absolute Gasteiger partial charge is 0.355 e. The average molecular weight is 450 g/mol. The molecule has 1 aromatic carbocycles. The van der Waals surface area contributed by atoms with Gasteiger partial charge in [-0.05, 0) is 48.1 Å². The van der Waals surface area contributed by atoms with Crippen molar-refractivity contribution in [1.29, 1.82) is 0 Å². The summed E-state index contributed by atoms with van der Waals surface area (Å²) >= 11 is 3.22. The standard InChI is InChI=1S/C20H23N3O3S3/c1-13-7-9-27-17(13)6-8-21-19(24)10-14-2-4-15(5-3-14)22-20-23-16-11-29(25,26)12-18(16)28-20/h2-5,7,9,16,18H,6,8,10-12H2,1H3,(H,21,24)(H,22,23)/t16-,18-/m1/s1. The number of carbonyl (C=O) groups excluding carboxylic acids is 1. The zero-order valence-corrected chi connectivity index (χ0v) is 18.5. The van der Waals surface area contributed by atoms with Crippen LogP contribution in [0, 0.1) is 6.92 Å². The highest BCUT2D eigenvalue weighted by molar-refractivity contribution is 8.15. The molecule has 0 saturated carbocycles. The van der Waals surface area contributed by atoms with E-state index in [1.165, 1.54) is 22.2 Å². The van der Waals surface area contributed by atoms with Crippen molar-refractivity contribution in [2.45, 2.75) is 31.1 Å². The van der Waals surface area contributed by atoms with Gasteiger partial charge in [-0.25, -0.2) is 8.42 Å². The molecule has 3 heterocycles. The van der Waals surface area contributed by atoms with E-state index in [9.17, 15) is 13.2 Å². The Morgan fingerprint density at radius 1 is 1.21 bits per heavy atom. The van der Waals surface area contributed by atoms with Crippen LogP contribution in [0.4, 0.5) is 5.69 Å². The molecule has 1 amide bonds. The Morgan fingerprint density at radius 3 is 2.69 bits per heavy atom. The SMILES string of the molecule is Cc1ccsc1CCNC(=O)Cc1ccc(NC2=N[C@@H]3CS(=O)(=O)C[C@H]3S2)cc1. The molecule has 1 fully saturated rings. The number of anilines is 1. The van der Waals surface area contributed by atoms with E-state index in [1.54, 1.807) is 11.3 Å². The summed E-state index contributed by atoms with van der Waals surface area (Å²) in [6.45, 7) is 2.74. The number of aryl methyl sites for hydroxylation is 1. The van der Waals surface area contributed by atoms with Crippen molar-refractivity contribution in [1.82, 2.24) is 5.32 Å². The molecular formula is C20H23N3O3S3. The maximum atomic E-state index is 12.2. The second kappa shape index (κ2) is 8.49. The van der Waals surface area contributed by atoms with Crippen LogP contribution >= 0.6 is 23.1 Å². The number of nitrogens with one attached hydrogen (secondary N) is 2. The minimum atomic E-state index is -2.93. The number of sulfone groups is 1. The van der Waals surface area contributed by atoms with Gasteiger partial charge in [-0.1, -0.05) is 23.9 Å². The molecule has 0 radical (unpaired) electrons. The fourth-order valence-electron chi connectivity index (χ4n) is 3.47. The number of nitrogens with zero attached hydrogens (tertiary/aromatic N) is 1. The summed E-state index contributed by atoms with van der Waals surface area (Å²) < 4.78 is 23.3. The number of aliphatic imine (C=N–C) groups is 1. The Kier molecular flexibility index (Phi) is 5.98. The summed E-state index contributed by atoms with van der Waals surface area (Å²) in [7, 11) is -2.93. The minimum Gasteiger partial charge on any atom is -0.355 e. The van der Waals surface area contributed by atoms with E-state index >= 15 is 0 Å². The second-order valence-electron chi connectivity index (χ2n) is 7.36. The molecule has 2 aliphatic rings. The van der Waals surface area contributed by atoms with Crippen LogP contribution in [0.3, 0.4) is 0 Å². The van der Waals surface area contributed by atoms with Crippen molar-refractivity contribution in [3.8, 4) is 0 Å². The molecule has 2 aliphatic heterocycles. The Balaban J connectivity index is 1.24. The number of hydrogen-bond acceptors (Lipinski definition) is 7. The first-order chi connectivity index (χ1) is 13.9. The number of amidine groups is 1. The van der Waals surface area contributed by atoms with Crippen LogP contribution in [0.25, 0.3) is 0 Å². The van der Waals surface area contributed by atoms with Crippen molar-refractivity contribution in [2.75, 3.05) is 23.4 Å². The van der Waals surface area contributed by atoms with E-state index in [4.69, 9.17) is 0 Å². The summed E-state index contributed by atoms with van der Waals surface area (Å²) in [5, 5.41) is 9.11. The van der Waals surface area contributed by atoms with Crippen LogP contribution in [0.5, 0.6) is 0 Å². The van der Waals surface area contributed by atoms with Gasteiger partial charge in [0.05, 0.1) is 24.0 Å². The number of carbonyl (C=O) groups is 1. The van der Waals surface area contributed by atoms with Crippen LogP contribution in [0.2, 0.25) is 0 Å². The molecule has 6 nitrogen and oxygen atoms in total. The summed E-state index contributed by atoms with van der Waals surface area (Å²) in [5.74, 6) is 0.372. The zero-order chi connectivity index (χ0) is 20.4. The van der Waals surface area contributed by atoms with E-state index < -0.39 is 9.84 Å². The smallest absolute Gasteiger partial charge is 0.224 e. The highest BCUT2D eigenvalue weighted by Gasteiger charge is 2.42. The lowest BCUT2D eigenvalue weighted by atomic mass is 10.1. The number of thiophene rings is 1. The first-order valence-electron chi connectivity index (χ1n) is 9.48. The molecule has 1 saturated heterocycles. The molecule has 1 aromatic heterocycles. The van der Waals surface area contributed by atoms with Gasteiger partial charge in [0.2, 0.25) is 5.91 Å². The maximum Gasteiger partial charge on any atom is 0.224 e. The Bertz CT molecular complexity index is 1030. The average Bonchev–Trinajstić information content (AvgIpc) is 3.29. The lowest BCUT2D eigenvalue weighted by Gasteiger charge is -2.08. The van der Waals surface area contributed by atoms with Gasteiger partial charge in [-0.15, -0.1) is 11.3 Å². The van der Waals surface area contributed by atoms with Crippen LogP contribution in [-0.4, -0.2) is 48.8 Å². The Morgan fingerprint density at radius 2 is 2.00 bits per heavy atom. The van der Waals surface area contributed by atoms with Crippen molar-refractivity contribution in [3.63, 3.8) is 0 Å². The molecule has 9 heteroatoms. The van der Waals surface area contributed by atoms with Gasteiger partial charge in [-0.3, -0.25) is 9.79 Å². The van der Waals surface area contributed by atoms with Crippen LogP contribution in [-0.2, 0) is 27.5 Å². The second-order valence-corrected chi connectivity index (χ2v) is 11.7. The Labute approximate surface area is 179 Å². The Hall–Kier alpha value is -1.84. The summed E-state index contributed by atoms with van der Waals surface area (Å²) in [5.41, 5.74) is 3.11. The highest BCUT2D eigenvalue weighted by Crippen LogP contribution is 2.34. The minimum absolute atomic E-state index is 0.0182. The first-order valence-corrected chi connectivity index (χ1v) is 13.1. The summed E-state index contributed by atoms with van der Waals surface area (Å²) in [6, 6.07) is 9.67. The van der Waals surface area contributed by atoms with E-state index in [2.05, 4.69) is 34.0 Å². The number of amides is 1. The summed E-state index contributed by atoms with van der Waals surface area (Å²) in [6.07, 6.45) is 1.21. The van der Waals surface area contributed by atoms with E-state index in [0.29, 0.717) is 13.0 Å². The molecule has 0 aliphatic carbocycles. The normalized spacial score (nSPS) is 22.2. The number of benzene rings is 1. The van der Waals surface area contributed by atoms with Crippen molar-refractivity contribution >= 4 is 49.7 Å². The van der Waals surface area contributed by atoms with Crippen molar-refractivity contribution < 1.29 is 13.2 Å². The van der Waals surface area contributed by atoms with E-state index in [1.807, 2.05) is 24.3 Å². The van der Waals surface area contributed by atoms with Crippen LogP contribution in [0.1, 0.15) is 16.0 Å². The van der Waals surface area contributed by atoms with Crippen LogP contribution < -0.4 is 10.6 Å². The van der Waals surface area contributed by atoms with Gasteiger partial charge in [0.15, 0.2) is 15.0 Å². The zero-order valence-electron chi connectivity index (χ0n) is 16.1. The van der Waals surface area contributed by atoms with Gasteiger partial charge >= 0.3 is 0 Å². The fourth-order valence-corrected chi connectivity index (χ4v) is 8.06. The fraction of sp³-hybridized carbons (Fsp3) is 0.400. The van der Waals surface area contributed by atoms with Gasteiger partial charge in [0, 0.05) is 22.4 Å². The molecule has 2 atom stereocenters. The molecule has 29 heavy (non-hydrogen) atoms. The quantitative estimate of drug-likeness (QED) is 0.708. The maximum absolute atomic E-state index is 12.2. The summed E-state index contributed by atoms with van der Waals surface area (Å²) in [4.78, 5) is 18.0. The lowest BCUT2D eigenvalue weighted by molar-refractivity contribution is -0.120. The number of hydrogen-bond donors (Lipinski definition) is 2. The van der Waals surface area contributed by atoms with Gasteiger partial charge < -0.3 is 10.6 Å². The predicted octanol–water partition coefficient (Wildman–Crippen LogP) is 2.64. The molecule has 2 aromatic rings. The predicted molar refractivity (Wildman–Crippen MR) is 121 cm³/mol. The number of fused-ring (bicyclic) bond motifs is 1. The lowest BCUT2D eigenvalue weighted by Crippen LogP contribution is -2.27. The molecule has 154 valence electrons. The third-order valence-corrected chi connectivity index (χ3v) is 9.25. The molecule has 0 bridgehead atoms. The molecule has 2 N–H and O–H groups in total. The van der Waals surface area contributed by atoms with Gasteiger partial charge in [0.1, 0.15) is 0 Å². The molecule has 4 rings (SSSR count). The topological polar surface area (TPSA) is 87.6 Å². The third kappa shape index (κ3) is 5.21. The third-order valence-electron chi connectivity index (χ3n) is 5.03. The van der Waals surface area contributed by atoms with Crippen LogP contribution in [0.15, 0.2) is 40.7 Å².